The molecule has 1 N–H and O–H groups in total. The van der Waals surface area contributed by atoms with E-state index in [4.69, 9.17) is 9.84 Å². The number of benzene rings is 1. The van der Waals surface area contributed by atoms with Gasteiger partial charge in [0.1, 0.15) is 0 Å². The molecule has 0 saturated heterocycles. The molecule has 0 aromatic heterocycles. The first kappa shape index (κ1) is 10.7. The van der Waals surface area contributed by atoms with Gasteiger partial charge in [-0.3, -0.25) is 0 Å². The van der Waals surface area contributed by atoms with E-state index in [0.29, 0.717) is 6.61 Å². The van der Waals surface area contributed by atoms with Crippen LogP contribution in [-0.4, -0.2) is 17.8 Å². The molecule has 0 amide bonds. The highest BCUT2D eigenvalue weighted by molar-refractivity contribution is 9.10. The summed E-state index contributed by atoms with van der Waals surface area (Å²) in [6.07, 6.45) is -0.0938. The minimum atomic E-state index is -0.0938. The van der Waals surface area contributed by atoms with Crippen LogP contribution in [0.15, 0.2) is 28.7 Å². The van der Waals surface area contributed by atoms with E-state index in [9.17, 15) is 0 Å². The van der Waals surface area contributed by atoms with Gasteiger partial charge in [-0.2, -0.15) is 0 Å². The lowest BCUT2D eigenvalue weighted by molar-refractivity contribution is 0.0145. The molecule has 0 unspecified atom stereocenters. The van der Waals surface area contributed by atoms with E-state index in [1.54, 1.807) is 0 Å². The number of halogens is 1. The number of rotatable bonds is 4. The van der Waals surface area contributed by atoms with Gasteiger partial charge in [-0.25, -0.2) is 0 Å². The van der Waals surface area contributed by atoms with E-state index in [0.717, 1.165) is 10.0 Å². The second-order valence-electron chi connectivity index (χ2n) is 2.93. The molecule has 72 valence electrons. The predicted molar refractivity (Wildman–Crippen MR) is 55.5 cm³/mol. The van der Waals surface area contributed by atoms with Crippen LogP contribution in [0.5, 0.6) is 0 Å². The summed E-state index contributed by atoms with van der Waals surface area (Å²) in [4.78, 5) is 0. The molecule has 0 heterocycles. The van der Waals surface area contributed by atoms with Crippen LogP contribution in [0, 0.1) is 0 Å². The van der Waals surface area contributed by atoms with E-state index < -0.39 is 0 Å². The maximum absolute atomic E-state index is 8.72. The minimum Gasteiger partial charge on any atom is -0.394 e. The molecule has 3 heteroatoms. The fraction of sp³-hybridized carbons (Fsp3) is 0.400. The van der Waals surface area contributed by atoms with Gasteiger partial charge in [0.05, 0.1) is 19.3 Å². The van der Waals surface area contributed by atoms with Gasteiger partial charge in [-0.15, -0.1) is 0 Å². The zero-order valence-corrected chi connectivity index (χ0v) is 9.12. The second kappa shape index (κ2) is 5.37. The summed E-state index contributed by atoms with van der Waals surface area (Å²) in [6, 6.07) is 7.94. The fourth-order valence-corrected chi connectivity index (χ4v) is 1.14. The Labute approximate surface area is 86.7 Å². The highest BCUT2D eigenvalue weighted by Crippen LogP contribution is 2.11. The fourth-order valence-electron chi connectivity index (χ4n) is 0.872. The van der Waals surface area contributed by atoms with Crippen molar-refractivity contribution < 1.29 is 9.84 Å². The molecular weight excluding hydrogens is 232 g/mol. The molecule has 0 aliphatic rings. The monoisotopic (exact) mass is 244 g/mol. The van der Waals surface area contributed by atoms with Crippen LogP contribution in [0.1, 0.15) is 12.5 Å². The normalized spacial score (nSPS) is 12.8. The van der Waals surface area contributed by atoms with Gasteiger partial charge in [0.2, 0.25) is 0 Å². The van der Waals surface area contributed by atoms with E-state index >= 15 is 0 Å². The van der Waals surface area contributed by atoms with E-state index in [1.165, 1.54) is 0 Å². The van der Waals surface area contributed by atoms with Gasteiger partial charge >= 0.3 is 0 Å². The van der Waals surface area contributed by atoms with Crippen molar-refractivity contribution >= 4 is 15.9 Å². The molecule has 0 saturated carbocycles. The Morgan fingerprint density at radius 2 is 2.00 bits per heavy atom. The van der Waals surface area contributed by atoms with Gasteiger partial charge in [0.25, 0.3) is 0 Å². The highest BCUT2D eigenvalue weighted by Gasteiger charge is 1.99. The van der Waals surface area contributed by atoms with Crippen molar-refractivity contribution in [1.82, 2.24) is 0 Å². The highest BCUT2D eigenvalue weighted by atomic mass is 79.9. The van der Waals surface area contributed by atoms with E-state index in [2.05, 4.69) is 15.9 Å². The summed E-state index contributed by atoms with van der Waals surface area (Å²) in [5.41, 5.74) is 1.11. The Morgan fingerprint density at radius 3 is 2.54 bits per heavy atom. The number of aliphatic hydroxyl groups is 1. The largest absolute Gasteiger partial charge is 0.394 e. The molecule has 0 bridgehead atoms. The van der Waals surface area contributed by atoms with E-state index in [1.807, 2.05) is 31.2 Å². The van der Waals surface area contributed by atoms with Gasteiger partial charge in [0, 0.05) is 4.47 Å². The molecule has 0 aliphatic carbocycles. The number of ether oxygens (including phenoxy) is 1. The van der Waals surface area contributed by atoms with Crippen molar-refractivity contribution in [1.29, 1.82) is 0 Å². The van der Waals surface area contributed by atoms with Crippen molar-refractivity contribution in [2.75, 3.05) is 6.61 Å². The Bertz CT molecular complexity index is 246. The maximum Gasteiger partial charge on any atom is 0.0782 e. The Hall–Kier alpha value is -0.380. The summed E-state index contributed by atoms with van der Waals surface area (Å²) in [5, 5.41) is 8.72. The molecule has 1 rings (SSSR count). The Balaban J connectivity index is 2.41. The summed E-state index contributed by atoms with van der Waals surface area (Å²) < 4.78 is 6.41. The third kappa shape index (κ3) is 3.89. The molecule has 0 fully saturated rings. The van der Waals surface area contributed by atoms with Crippen molar-refractivity contribution in [2.45, 2.75) is 19.6 Å². The number of hydrogen-bond donors (Lipinski definition) is 1. The second-order valence-corrected chi connectivity index (χ2v) is 3.85. The van der Waals surface area contributed by atoms with Crippen molar-refractivity contribution in [3.05, 3.63) is 34.3 Å². The quantitative estimate of drug-likeness (QED) is 0.882. The van der Waals surface area contributed by atoms with Crippen LogP contribution in [-0.2, 0) is 11.3 Å². The molecule has 13 heavy (non-hydrogen) atoms. The predicted octanol–water partition coefficient (Wildman–Crippen LogP) is 2.35. The molecule has 0 aliphatic heterocycles. The summed E-state index contributed by atoms with van der Waals surface area (Å²) in [7, 11) is 0. The first-order valence-corrected chi connectivity index (χ1v) is 4.98. The molecule has 1 aromatic rings. The van der Waals surface area contributed by atoms with Crippen LogP contribution in [0.3, 0.4) is 0 Å². The first-order chi connectivity index (χ1) is 6.22. The van der Waals surface area contributed by atoms with Gasteiger partial charge in [0.15, 0.2) is 0 Å². The topological polar surface area (TPSA) is 29.5 Å². The van der Waals surface area contributed by atoms with Crippen molar-refractivity contribution in [2.24, 2.45) is 0 Å². The lowest BCUT2D eigenvalue weighted by atomic mass is 10.2. The van der Waals surface area contributed by atoms with Crippen molar-refractivity contribution in [3.63, 3.8) is 0 Å². The van der Waals surface area contributed by atoms with Crippen LogP contribution >= 0.6 is 15.9 Å². The third-order valence-electron chi connectivity index (χ3n) is 1.70. The molecule has 2 nitrogen and oxygen atoms in total. The Kier molecular flexibility index (Phi) is 4.42. The molecule has 0 radical (unpaired) electrons. The molecule has 1 aromatic carbocycles. The van der Waals surface area contributed by atoms with Crippen LogP contribution in [0.2, 0.25) is 0 Å². The SMILES string of the molecule is C[C@H](CO)OCc1ccc(Br)cc1. The standard InChI is InChI=1S/C10H13BrO2/c1-8(6-12)13-7-9-2-4-10(11)5-3-9/h2-5,8,12H,6-7H2,1H3/t8-/m1/s1. The summed E-state index contributed by atoms with van der Waals surface area (Å²) in [6.45, 7) is 2.46. The zero-order chi connectivity index (χ0) is 9.68. The Morgan fingerprint density at radius 1 is 1.38 bits per heavy atom. The average Bonchev–Trinajstić information content (AvgIpc) is 2.16. The van der Waals surface area contributed by atoms with Gasteiger partial charge < -0.3 is 9.84 Å². The minimum absolute atomic E-state index is 0.0660. The maximum atomic E-state index is 8.72. The number of hydrogen-bond acceptors (Lipinski definition) is 2. The number of aliphatic hydroxyl groups excluding tert-OH is 1. The summed E-state index contributed by atoms with van der Waals surface area (Å²) >= 11 is 3.36. The first-order valence-electron chi connectivity index (χ1n) is 4.19. The van der Waals surface area contributed by atoms with Crippen LogP contribution in [0.25, 0.3) is 0 Å². The molecule has 0 spiro atoms. The van der Waals surface area contributed by atoms with Crippen LogP contribution < -0.4 is 0 Å². The molecular formula is C10H13BrO2. The summed E-state index contributed by atoms with van der Waals surface area (Å²) in [5.74, 6) is 0. The smallest absolute Gasteiger partial charge is 0.0782 e. The lowest BCUT2D eigenvalue weighted by Gasteiger charge is -2.09. The lowest BCUT2D eigenvalue weighted by Crippen LogP contribution is -2.12. The van der Waals surface area contributed by atoms with Crippen molar-refractivity contribution in [3.8, 4) is 0 Å². The van der Waals surface area contributed by atoms with Gasteiger partial charge in [-0.05, 0) is 24.6 Å². The average molecular weight is 245 g/mol. The zero-order valence-electron chi connectivity index (χ0n) is 7.53. The molecule has 1 atom stereocenters. The van der Waals surface area contributed by atoms with E-state index in [-0.39, 0.29) is 12.7 Å². The van der Waals surface area contributed by atoms with Gasteiger partial charge in [-0.1, -0.05) is 28.1 Å². The third-order valence-corrected chi connectivity index (χ3v) is 2.23. The van der Waals surface area contributed by atoms with Crippen LogP contribution in [0.4, 0.5) is 0 Å².